The van der Waals surface area contributed by atoms with Crippen molar-refractivity contribution in [3.8, 4) is 11.1 Å². The van der Waals surface area contributed by atoms with Gasteiger partial charge in [-0.05, 0) is 67.1 Å². The van der Waals surface area contributed by atoms with E-state index >= 15 is 4.39 Å². The number of aromatic nitrogens is 3. The summed E-state index contributed by atoms with van der Waals surface area (Å²) in [6, 6.07) is 10.2. The van der Waals surface area contributed by atoms with Crippen molar-refractivity contribution in [1.82, 2.24) is 19.0 Å². The second-order valence-corrected chi connectivity index (χ2v) is 15.1. The molecule has 0 bridgehead atoms. The Morgan fingerprint density at radius 3 is 2.55 bits per heavy atom. The Kier molecular flexibility index (Phi) is 8.02. The summed E-state index contributed by atoms with van der Waals surface area (Å²) in [4.78, 5) is 50.8. The molecule has 2 N–H and O–H groups in total. The van der Waals surface area contributed by atoms with Crippen LogP contribution >= 0.6 is 0 Å². The topological polar surface area (TPSA) is 125 Å². The summed E-state index contributed by atoms with van der Waals surface area (Å²) < 4.78 is 24.2. The maximum absolute atomic E-state index is 15.4. The number of carboxylic acid groups (broad SMARTS) is 1. The number of carbonyl (C=O) groups is 2. The molecule has 0 spiro atoms. The van der Waals surface area contributed by atoms with Crippen LogP contribution < -0.4 is 20.7 Å². The molecule has 12 nitrogen and oxygen atoms in total. The van der Waals surface area contributed by atoms with Crippen molar-refractivity contribution >= 4 is 34.8 Å². The summed E-state index contributed by atoms with van der Waals surface area (Å²) in [5, 5.41) is 13.6. The lowest BCUT2D eigenvalue weighted by Gasteiger charge is -2.46. The lowest BCUT2D eigenvalue weighted by molar-refractivity contribution is -0.0691. The van der Waals surface area contributed by atoms with Crippen LogP contribution in [0.4, 0.5) is 27.3 Å². The monoisotopic (exact) mass is 695 g/mol. The van der Waals surface area contributed by atoms with Crippen LogP contribution in [0.5, 0.6) is 0 Å². The van der Waals surface area contributed by atoms with Crippen molar-refractivity contribution in [3.05, 3.63) is 87.5 Å². The molecule has 13 heteroatoms. The maximum Gasteiger partial charge on any atom is 0.338 e. The van der Waals surface area contributed by atoms with E-state index in [0.717, 1.165) is 74.8 Å². The van der Waals surface area contributed by atoms with Crippen molar-refractivity contribution in [2.75, 3.05) is 54.5 Å². The number of pyridine rings is 2. The number of piperazine rings is 1. The van der Waals surface area contributed by atoms with Gasteiger partial charge >= 0.3 is 5.97 Å². The first kappa shape index (κ1) is 33.2. The molecule has 8 rings (SSSR count). The minimum Gasteiger partial charge on any atom is -0.478 e. The first-order chi connectivity index (χ1) is 24.4. The number of fused-ring (bicyclic) bond motifs is 3. The second kappa shape index (κ2) is 12.3. The molecule has 1 atom stereocenters. The van der Waals surface area contributed by atoms with Crippen molar-refractivity contribution < 1.29 is 23.8 Å². The Labute approximate surface area is 295 Å². The molecule has 2 saturated heterocycles. The molecular weight excluding hydrogens is 653 g/mol. The van der Waals surface area contributed by atoms with Crippen molar-refractivity contribution in [2.45, 2.75) is 52.2 Å². The van der Waals surface area contributed by atoms with E-state index in [2.05, 4.69) is 40.9 Å². The number of rotatable bonds is 7. The Hall–Kier alpha value is -5.01. The van der Waals surface area contributed by atoms with Gasteiger partial charge in [-0.15, -0.1) is 0 Å². The summed E-state index contributed by atoms with van der Waals surface area (Å²) in [6.07, 6.45) is 4.96. The van der Waals surface area contributed by atoms with Gasteiger partial charge in [0.25, 0.3) is 11.5 Å². The van der Waals surface area contributed by atoms with Crippen LogP contribution in [0.15, 0.2) is 53.6 Å². The minimum absolute atomic E-state index is 0.0212. The molecule has 3 aromatic heterocycles. The molecule has 4 aliphatic rings. The largest absolute Gasteiger partial charge is 0.478 e. The Morgan fingerprint density at radius 2 is 1.86 bits per heavy atom. The fourth-order valence-electron chi connectivity index (χ4n) is 8.25. The SMILES string of the molecule is C[C@H]1CN(C2COC2)CCN1c1ccc(Nc2cc(-c3cc(F)cc(N4CCn5c(cc6c5CC(C)(C)C6)C4=O)c3C(=O)O)cn(C)c2=O)nc1. The standard InChI is InChI=1S/C38H42FN7O5/c1-22-18-43(27-20-51-21-27)7-8-44(22)26-5-6-33(40-17-26)41-29-11-24(19-42(4)35(29)47)28-13-25(39)14-30(34(28)37(49)50)46-10-9-45-31(36(46)48)12-23-15-38(2,3)16-32(23)45/h5-6,11-14,17,19,22,27H,7-10,15-16,18,20-21H2,1-4H3,(H,40,41)(H,49,50)/t22-/m0/s1. The third kappa shape index (κ3) is 5.87. The number of amides is 1. The van der Waals surface area contributed by atoms with Gasteiger partial charge in [-0.1, -0.05) is 13.8 Å². The number of ether oxygens (including phenoxy) is 1. The van der Waals surface area contributed by atoms with Gasteiger partial charge in [0.1, 0.15) is 23.0 Å². The third-order valence-corrected chi connectivity index (χ3v) is 10.8. The average molecular weight is 696 g/mol. The summed E-state index contributed by atoms with van der Waals surface area (Å²) in [5.74, 6) is -1.94. The summed E-state index contributed by atoms with van der Waals surface area (Å²) in [6.45, 7) is 11.6. The molecule has 4 aromatic rings. The quantitative estimate of drug-likeness (QED) is 0.287. The zero-order valence-electron chi connectivity index (χ0n) is 29.3. The zero-order chi connectivity index (χ0) is 35.8. The molecule has 1 amide bonds. The van der Waals surface area contributed by atoms with Gasteiger partial charge in [0, 0.05) is 68.8 Å². The van der Waals surface area contributed by atoms with Crippen molar-refractivity contribution in [2.24, 2.45) is 12.5 Å². The molecule has 51 heavy (non-hydrogen) atoms. The van der Waals surface area contributed by atoms with Gasteiger partial charge in [0.15, 0.2) is 0 Å². The maximum atomic E-state index is 15.4. The predicted molar refractivity (Wildman–Crippen MR) is 192 cm³/mol. The Bertz CT molecular complexity index is 2120. The fourth-order valence-corrected chi connectivity index (χ4v) is 8.25. The number of halogens is 1. The van der Waals surface area contributed by atoms with Crippen LogP contribution in [0.2, 0.25) is 0 Å². The highest BCUT2D eigenvalue weighted by molar-refractivity contribution is 6.11. The highest BCUT2D eigenvalue weighted by atomic mass is 19.1. The van der Waals surface area contributed by atoms with Gasteiger partial charge < -0.3 is 34.1 Å². The van der Waals surface area contributed by atoms with Gasteiger partial charge in [0.05, 0.1) is 42.4 Å². The number of hydrogen-bond donors (Lipinski definition) is 2. The number of carbonyl (C=O) groups excluding carboxylic acids is 1. The molecule has 2 fully saturated rings. The van der Waals surface area contributed by atoms with E-state index in [1.807, 2.05) is 16.7 Å². The van der Waals surface area contributed by atoms with Crippen molar-refractivity contribution in [3.63, 3.8) is 0 Å². The van der Waals surface area contributed by atoms with E-state index < -0.39 is 11.8 Å². The van der Waals surface area contributed by atoms with E-state index in [1.165, 1.54) is 21.7 Å². The molecule has 6 heterocycles. The Balaban J connectivity index is 1.08. The number of benzene rings is 1. The number of anilines is 4. The molecule has 0 saturated carbocycles. The molecule has 266 valence electrons. The molecule has 0 unspecified atom stereocenters. The second-order valence-electron chi connectivity index (χ2n) is 15.1. The number of carboxylic acids is 1. The highest BCUT2D eigenvalue weighted by Crippen LogP contribution is 2.41. The van der Waals surface area contributed by atoms with Crippen molar-refractivity contribution in [1.29, 1.82) is 0 Å². The predicted octanol–water partition coefficient (Wildman–Crippen LogP) is 4.52. The van der Waals surface area contributed by atoms with Gasteiger partial charge in [-0.3, -0.25) is 14.5 Å². The lowest BCUT2D eigenvalue weighted by atomic mass is 9.90. The molecule has 1 aromatic carbocycles. The normalized spacial score (nSPS) is 20.3. The average Bonchev–Trinajstić information content (AvgIpc) is 3.54. The minimum atomic E-state index is -1.31. The highest BCUT2D eigenvalue weighted by Gasteiger charge is 2.38. The summed E-state index contributed by atoms with van der Waals surface area (Å²) in [7, 11) is 1.55. The van der Waals surface area contributed by atoms with Crippen LogP contribution in [-0.4, -0.2) is 87.5 Å². The third-order valence-electron chi connectivity index (χ3n) is 10.8. The first-order valence-corrected chi connectivity index (χ1v) is 17.5. The van der Waals surface area contributed by atoms with Crippen LogP contribution in [0.3, 0.4) is 0 Å². The van der Waals surface area contributed by atoms with Crippen LogP contribution in [0.25, 0.3) is 11.1 Å². The number of nitrogens with one attached hydrogen (secondary N) is 1. The van der Waals surface area contributed by atoms with Gasteiger partial charge in [0.2, 0.25) is 0 Å². The number of hydrogen-bond acceptors (Lipinski definition) is 8. The van der Waals surface area contributed by atoms with Gasteiger partial charge in [-0.25, -0.2) is 14.2 Å². The molecular formula is C38H42FN7O5. The number of nitrogens with zero attached hydrogens (tertiary/aromatic N) is 6. The molecule has 0 radical (unpaired) electrons. The summed E-state index contributed by atoms with van der Waals surface area (Å²) in [5.41, 5.74) is 3.74. The van der Waals surface area contributed by atoms with E-state index in [4.69, 9.17) is 4.74 Å². The van der Waals surface area contributed by atoms with E-state index in [-0.39, 0.29) is 45.9 Å². The van der Waals surface area contributed by atoms with Gasteiger partial charge in [-0.2, -0.15) is 0 Å². The van der Waals surface area contributed by atoms with Crippen LogP contribution in [0.1, 0.15) is 52.9 Å². The fraction of sp³-hybridized carbons (Fsp3) is 0.421. The first-order valence-electron chi connectivity index (χ1n) is 17.5. The smallest absolute Gasteiger partial charge is 0.338 e. The summed E-state index contributed by atoms with van der Waals surface area (Å²) >= 11 is 0. The Morgan fingerprint density at radius 1 is 1.06 bits per heavy atom. The van der Waals surface area contributed by atoms with E-state index in [1.54, 1.807) is 19.3 Å². The number of aromatic carboxylic acids is 1. The zero-order valence-corrected chi connectivity index (χ0v) is 29.3. The number of aryl methyl sites for hydroxylation is 1. The molecule has 1 aliphatic carbocycles. The lowest BCUT2D eigenvalue weighted by Crippen LogP contribution is -2.59. The van der Waals surface area contributed by atoms with Crippen LogP contribution in [0, 0.1) is 11.2 Å². The molecule has 3 aliphatic heterocycles. The van der Waals surface area contributed by atoms with E-state index in [9.17, 15) is 19.5 Å². The van der Waals surface area contributed by atoms with E-state index in [0.29, 0.717) is 35.7 Å². The van der Waals surface area contributed by atoms with Crippen LogP contribution in [-0.2, 0) is 31.2 Å².